The molecular formula is C40H29F6N3O6S2. The maximum atomic E-state index is 10.7. The molecule has 17 heteroatoms. The minimum atomic E-state index is -6.09. The number of hydrogen-bond acceptors (Lipinski definition) is 6. The molecule has 9 nitrogen and oxygen atoms in total. The number of rotatable bonds is 2. The third kappa shape index (κ3) is 7.87. The normalized spacial score (nSPS) is 13.9. The topological polar surface area (TPSA) is 138 Å². The minimum absolute atomic E-state index is 1.01. The number of nitrogens with one attached hydrogen (secondary N) is 1. The number of halogens is 6. The van der Waals surface area contributed by atoms with Crippen LogP contribution in [0.5, 0.6) is 0 Å². The van der Waals surface area contributed by atoms with E-state index in [1.807, 2.05) is 0 Å². The quantitative estimate of drug-likeness (QED) is 0.0819. The molecule has 1 N–H and O–H groups in total. The molecule has 0 amide bonds. The second-order valence-corrected chi connectivity index (χ2v) is 15.9. The van der Waals surface area contributed by atoms with Gasteiger partial charge in [-0.25, -0.2) is 16.8 Å². The van der Waals surface area contributed by atoms with E-state index >= 15 is 0 Å². The number of pyridine rings is 2. The molecule has 2 aliphatic rings. The van der Waals surface area contributed by atoms with Crippen molar-refractivity contribution >= 4 is 64.8 Å². The summed E-state index contributed by atoms with van der Waals surface area (Å²) in [6.45, 7) is 2.03. The zero-order valence-corrected chi connectivity index (χ0v) is 30.9. The predicted octanol–water partition coefficient (Wildman–Crippen LogP) is 7.77. The Balaban J connectivity index is 0.000000264. The van der Waals surface area contributed by atoms with E-state index in [2.05, 4.69) is 136 Å². The van der Waals surface area contributed by atoms with Crippen molar-refractivity contribution in [1.82, 2.24) is 4.98 Å². The van der Waals surface area contributed by atoms with Crippen LogP contribution in [0.4, 0.5) is 26.3 Å². The lowest BCUT2D eigenvalue weighted by Crippen LogP contribution is -2.43. The Morgan fingerprint density at radius 2 is 1.16 bits per heavy atom. The Kier molecular flexibility index (Phi) is 10.2. The van der Waals surface area contributed by atoms with Crippen molar-refractivity contribution in [2.24, 2.45) is 0 Å². The number of benzene rings is 4. The monoisotopic (exact) mass is 825 g/mol. The molecule has 0 unspecified atom stereocenters. The summed E-state index contributed by atoms with van der Waals surface area (Å²) in [4.78, 5) is 3.53. The number of aromatic amines is 1. The van der Waals surface area contributed by atoms with Gasteiger partial charge < -0.3 is 14.1 Å². The van der Waals surface area contributed by atoms with Gasteiger partial charge in [0, 0.05) is 48.0 Å². The third-order valence-corrected chi connectivity index (χ3v) is 10.9. The summed E-state index contributed by atoms with van der Waals surface area (Å²) in [6, 6.07) is 33.6. The molecule has 0 saturated heterocycles. The molecule has 0 fully saturated rings. The lowest BCUT2D eigenvalue weighted by atomic mass is 9.83. The molecular weight excluding hydrogens is 797 g/mol. The molecule has 4 aromatic carbocycles. The van der Waals surface area contributed by atoms with Gasteiger partial charge in [-0.1, -0.05) is 78.9 Å². The van der Waals surface area contributed by atoms with Gasteiger partial charge in [0.2, 0.25) is 11.4 Å². The highest BCUT2D eigenvalue weighted by molar-refractivity contribution is 7.86. The van der Waals surface area contributed by atoms with Crippen LogP contribution in [0.25, 0.3) is 67.1 Å². The molecule has 5 heterocycles. The van der Waals surface area contributed by atoms with Crippen LogP contribution in [0.2, 0.25) is 0 Å². The van der Waals surface area contributed by atoms with Crippen molar-refractivity contribution in [2.45, 2.75) is 36.9 Å². The zero-order valence-electron chi connectivity index (χ0n) is 29.3. The van der Waals surface area contributed by atoms with E-state index in [-0.39, 0.29) is 0 Å². The number of aromatic nitrogens is 3. The molecule has 0 radical (unpaired) electrons. The van der Waals surface area contributed by atoms with E-state index in [0.717, 1.165) is 25.9 Å². The minimum Gasteiger partial charge on any atom is -0.741 e. The maximum absolute atomic E-state index is 10.7. The largest absolute Gasteiger partial charge is 0.741 e. The Bertz CT molecular complexity index is 2920. The van der Waals surface area contributed by atoms with Gasteiger partial charge in [-0.05, 0) is 39.1 Å². The summed E-state index contributed by atoms with van der Waals surface area (Å²) in [7, 11) is -12.2. The summed E-state index contributed by atoms with van der Waals surface area (Å²) < 4.78 is 123. The van der Waals surface area contributed by atoms with Crippen LogP contribution in [0.3, 0.4) is 0 Å². The summed E-state index contributed by atoms with van der Waals surface area (Å²) >= 11 is 0. The fraction of sp³-hybridized carbons (Fsp3) is 0.150. The van der Waals surface area contributed by atoms with Crippen molar-refractivity contribution in [1.29, 1.82) is 0 Å². The highest BCUT2D eigenvalue weighted by Gasteiger charge is 2.38. The Morgan fingerprint density at radius 1 is 0.614 bits per heavy atom. The van der Waals surface area contributed by atoms with Gasteiger partial charge in [-0.15, -0.1) is 0 Å². The lowest BCUT2D eigenvalue weighted by Gasteiger charge is -2.23. The summed E-state index contributed by atoms with van der Waals surface area (Å²) in [6.07, 6.45) is 13.3. The van der Waals surface area contributed by atoms with Crippen molar-refractivity contribution < 1.29 is 61.4 Å². The van der Waals surface area contributed by atoms with Gasteiger partial charge in [-0.2, -0.15) is 35.5 Å². The molecule has 0 aliphatic carbocycles. The Hall–Kier alpha value is -5.62. The van der Waals surface area contributed by atoms with Crippen LogP contribution in [0, 0.1) is 0 Å². The number of hydrogen-bond donors (Lipinski definition) is 1. The van der Waals surface area contributed by atoms with Gasteiger partial charge in [-0.3, -0.25) is 0 Å². The molecule has 294 valence electrons. The SMILES string of the molecule is C(=Cc1c[nH]c2c1ccc1ccccc12)c1cc[n+]2c(c1)-c1c(ccc3c1-c1c4ccccc4cc[n+]1CC3)CC2.O=S(=O)([O-])C(F)(F)F.O=S(=O)([O-])C(F)(F)F. The van der Waals surface area contributed by atoms with Gasteiger partial charge >= 0.3 is 11.0 Å². The molecule has 3 aromatic heterocycles. The average molecular weight is 826 g/mol. The number of fused-ring (bicyclic) bond motifs is 12. The van der Waals surface area contributed by atoms with Gasteiger partial charge in [0.1, 0.15) is 0 Å². The summed E-state index contributed by atoms with van der Waals surface area (Å²) in [5.74, 6) is 0. The van der Waals surface area contributed by atoms with Crippen LogP contribution in [0.1, 0.15) is 22.3 Å². The summed E-state index contributed by atoms with van der Waals surface area (Å²) in [5.41, 5.74) is 0.765. The first-order valence-electron chi connectivity index (χ1n) is 17.1. The molecule has 57 heavy (non-hydrogen) atoms. The summed E-state index contributed by atoms with van der Waals surface area (Å²) in [5, 5.41) is 6.42. The number of H-pyrrole nitrogens is 1. The molecule has 0 atom stereocenters. The zero-order chi connectivity index (χ0) is 40.9. The van der Waals surface area contributed by atoms with E-state index in [1.165, 1.54) is 77.2 Å². The van der Waals surface area contributed by atoms with Crippen LogP contribution in [-0.2, 0) is 46.2 Å². The van der Waals surface area contributed by atoms with Crippen molar-refractivity contribution in [2.75, 3.05) is 0 Å². The first kappa shape index (κ1) is 39.6. The second-order valence-electron chi connectivity index (χ2n) is 13.2. The van der Waals surface area contributed by atoms with Gasteiger partial charge in [0.25, 0.3) is 0 Å². The Morgan fingerprint density at radius 3 is 1.79 bits per heavy atom. The fourth-order valence-corrected chi connectivity index (χ4v) is 7.15. The van der Waals surface area contributed by atoms with E-state index in [4.69, 9.17) is 25.9 Å². The molecule has 0 spiro atoms. The van der Waals surface area contributed by atoms with Crippen LogP contribution in [0.15, 0.2) is 110 Å². The van der Waals surface area contributed by atoms with Crippen molar-refractivity contribution in [3.8, 4) is 22.5 Å². The maximum Gasteiger partial charge on any atom is 0.485 e. The number of nitrogens with zero attached hydrogens (tertiary/aromatic N) is 2. The van der Waals surface area contributed by atoms with E-state index in [0.29, 0.717) is 0 Å². The molecule has 0 bridgehead atoms. The van der Waals surface area contributed by atoms with E-state index < -0.39 is 31.3 Å². The smallest absolute Gasteiger partial charge is 0.485 e. The number of aryl methyl sites for hydroxylation is 4. The first-order chi connectivity index (χ1) is 26.8. The van der Waals surface area contributed by atoms with Crippen molar-refractivity contribution in [3.63, 3.8) is 0 Å². The first-order valence-corrected chi connectivity index (χ1v) is 19.9. The lowest BCUT2D eigenvalue weighted by molar-refractivity contribution is -0.689. The van der Waals surface area contributed by atoms with Crippen LogP contribution >= 0.6 is 0 Å². The molecule has 0 saturated carbocycles. The molecule has 9 rings (SSSR count). The van der Waals surface area contributed by atoms with Crippen LogP contribution in [-0.4, -0.2) is 41.9 Å². The van der Waals surface area contributed by atoms with Crippen molar-refractivity contribution in [3.05, 3.63) is 132 Å². The van der Waals surface area contributed by atoms with Gasteiger partial charge in [0.05, 0.1) is 22.0 Å². The average Bonchev–Trinajstić information content (AvgIpc) is 3.59. The Labute approximate surface area is 321 Å². The highest BCUT2D eigenvalue weighted by Crippen LogP contribution is 2.41. The molecule has 7 aromatic rings. The standard InChI is InChI=1S/C38H28N3.2CHF3O3S/c1-3-7-31-26(5-1)13-14-32-30(24-39-37(31)32)10-9-25-15-19-40-20-17-28-11-12-29-18-22-41-21-16-27-6-2-4-8-33(27)38(41)36(29)35(28)34(40)23-25;2*2-1(3,4)8(5,6)7/h1-16,19,21,23-24H,17-18,20,22H2;2*(H,5,6,7)/q+1;;/p-1. The van der Waals surface area contributed by atoms with E-state index in [9.17, 15) is 26.3 Å². The van der Waals surface area contributed by atoms with Crippen LogP contribution < -0.4 is 9.13 Å². The third-order valence-electron chi connectivity index (χ3n) is 9.75. The van der Waals surface area contributed by atoms with Gasteiger partial charge in [0.15, 0.2) is 45.7 Å². The molecule has 2 aliphatic heterocycles. The second kappa shape index (κ2) is 14.7. The number of alkyl halides is 6. The fourth-order valence-electron chi connectivity index (χ4n) is 7.15. The highest BCUT2D eigenvalue weighted by atomic mass is 32.2. The predicted molar refractivity (Wildman–Crippen MR) is 199 cm³/mol. The van der Waals surface area contributed by atoms with E-state index in [1.54, 1.807) is 0 Å².